The number of halogens is 3. The maximum Gasteiger partial charge on any atom is 0.335 e. The monoisotopic (exact) mass is 643 g/mol. The Bertz CT molecular complexity index is 1960. The number of nitrogens with zero attached hydrogens (tertiary/aromatic N) is 5. The molecule has 46 heavy (non-hydrogen) atoms. The number of ether oxygens (including phenoxy) is 1. The molecule has 1 spiro atoms. The van der Waals surface area contributed by atoms with E-state index in [1.54, 1.807) is 30.3 Å². The molecule has 1 saturated heterocycles. The first-order valence-electron chi connectivity index (χ1n) is 15.4. The standard InChI is InChI=1S/C35H32ClF2N5O3/c1-21-14-25(36)4-2-24(21)17-46-31-27(38)16-26(37)30(41-31)22-6-8-35(9-7-22)18-42(19-35)33-40-28-5-3-23(32(44)45)15-29(28)43(33)20-34(10-11-34)12-13-39/h2-6,14-16H,7-12,17-20H2,1H3,(H,44,45). The molecular weight excluding hydrogens is 612 g/mol. The number of carboxylic acid groups (broad SMARTS) is 1. The SMILES string of the molecule is Cc1cc(Cl)ccc1COc1nc(C2=CCC3(CC2)CN(c2nc4ccc(C(=O)O)cc4n2CC2(CC#N)CC2)C3)c(F)cc1F. The minimum absolute atomic E-state index is 0.0233. The molecule has 1 N–H and O–H groups in total. The molecule has 0 amide bonds. The fourth-order valence-electron chi connectivity index (χ4n) is 6.81. The summed E-state index contributed by atoms with van der Waals surface area (Å²) in [5, 5.41) is 19.6. The Labute approximate surface area is 269 Å². The Kier molecular flexibility index (Phi) is 7.47. The van der Waals surface area contributed by atoms with Gasteiger partial charge in [-0.3, -0.25) is 0 Å². The van der Waals surface area contributed by atoms with E-state index < -0.39 is 17.6 Å². The molecule has 2 aromatic carbocycles. The summed E-state index contributed by atoms with van der Waals surface area (Å²) in [6.45, 7) is 4.06. The fourth-order valence-corrected chi connectivity index (χ4v) is 7.03. The highest BCUT2D eigenvalue weighted by atomic mass is 35.5. The number of allylic oxidation sites excluding steroid dienone is 2. The Morgan fingerprint density at radius 3 is 2.59 bits per heavy atom. The van der Waals surface area contributed by atoms with Gasteiger partial charge in [0.05, 0.1) is 22.7 Å². The molecule has 2 fully saturated rings. The third kappa shape index (κ3) is 5.58. The summed E-state index contributed by atoms with van der Waals surface area (Å²) < 4.78 is 37.4. The first-order valence-corrected chi connectivity index (χ1v) is 15.7. The number of anilines is 1. The van der Waals surface area contributed by atoms with Gasteiger partial charge in [-0.1, -0.05) is 23.7 Å². The largest absolute Gasteiger partial charge is 0.478 e. The molecule has 3 aliphatic rings. The van der Waals surface area contributed by atoms with Gasteiger partial charge in [-0.15, -0.1) is 0 Å². The summed E-state index contributed by atoms with van der Waals surface area (Å²) >= 11 is 6.04. The molecular formula is C35H32ClF2N5O3. The van der Waals surface area contributed by atoms with Crippen molar-refractivity contribution in [2.24, 2.45) is 10.8 Å². The highest BCUT2D eigenvalue weighted by Crippen LogP contribution is 2.52. The second-order valence-corrected chi connectivity index (χ2v) is 13.5. The minimum atomic E-state index is -0.996. The maximum atomic E-state index is 15.0. The fraction of sp³-hybridized carbons (Fsp3) is 0.371. The Balaban J connectivity index is 1.09. The number of benzene rings is 2. The van der Waals surface area contributed by atoms with Gasteiger partial charge in [0.25, 0.3) is 5.88 Å². The van der Waals surface area contributed by atoms with Crippen LogP contribution in [-0.4, -0.2) is 38.7 Å². The lowest BCUT2D eigenvalue weighted by Crippen LogP contribution is -2.57. The van der Waals surface area contributed by atoms with Crippen LogP contribution in [0.1, 0.15) is 65.7 Å². The van der Waals surface area contributed by atoms with Gasteiger partial charge in [-0.25, -0.2) is 23.5 Å². The van der Waals surface area contributed by atoms with E-state index in [0.29, 0.717) is 30.8 Å². The number of carbonyl (C=O) groups is 1. The van der Waals surface area contributed by atoms with Crippen LogP contribution in [0.25, 0.3) is 16.6 Å². The molecule has 0 atom stereocenters. The summed E-state index contributed by atoms with van der Waals surface area (Å²) in [4.78, 5) is 23.1. The first kappa shape index (κ1) is 30.2. The average molecular weight is 644 g/mol. The summed E-state index contributed by atoms with van der Waals surface area (Å²) in [6.07, 6.45) is 6.46. The van der Waals surface area contributed by atoms with Crippen LogP contribution in [0.15, 0.2) is 48.5 Å². The van der Waals surface area contributed by atoms with E-state index in [4.69, 9.17) is 21.3 Å². The van der Waals surface area contributed by atoms with Crippen LogP contribution < -0.4 is 9.64 Å². The van der Waals surface area contributed by atoms with Crippen molar-refractivity contribution in [2.75, 3.05) is 18.0 Å². The van der Waals surface area contributed by atoms with Crippen molar-refractivity contribution in [1.82, 2.24) is 14.5 Å². The molecule has 7 rings (SSSR count). The number of hydrogen-bond donors (Lipinski definition) is 1. The number of aryl methyl sites for hydroxylation is 1. The second kappa shape index (κ2) is 11.4. The molecule has 2 aromatic heterocycles. The summed E-state index contributed by atoms with van der Waals surface area (Å²) in [6, 6.07) is 13.5. The molecule has 0 unspecified atom stereocenters. The predicted octanol–water partition coefficient (Wildman–Crippen LogP) is 7.72. The van der Waals surface area contributed by atoms with E-state index in [1.165, 1.54) is 0 Å². The van der Waals surface area contributed by atoms with E-state index in [0.717, 1.165) is 72.1 Å². The van der Waals surface area contributed by atoms with E-state index in [1.807, 2.05) is 19.1 Å². The lowest BCUT2D eigenvalue weighted by atomic mass is 9.69. The van der Waals surface area contributed by atoms with Crippen LogP contribution in [0, 0.1) is 40.7 Å². The van der Waals surface area contributed by atoms with E-state index in [-0.39, 0.29) is 34.6 Å². The van der Waals surface area contributed by atoms with E-state index in [9.17, 15) is 23.9 Å². The minimum Gasteiger partial charge on any atom is -0.478 e. The third-order valence-electron chi connectivity index (χ3n) is 9.79. The van der Waals surface area contributed by atoms with E-state index in [2.05, 4.69) is 20.5 Å². The smallest absolute Gasteiger partial charge is 0.335 e. The van der Waals surface area contributed by atoms with Gasteiger partial charge in [0.1, 0.15) is 12.3 Å². The lowest BCUT2D eigenvalue weighted by Gasteiger charge is -2.52. The summed E-state index contributed by atoms with van der Waals surface area (Å²) in [5.41, 5.74) is 4.13. The zero-order valence-corrected chi connectivity index (χ0v) is 26.1. The van der Waals surface area contributed by atoms with Gasteiger partial charge in [0.15, 0.2) is 11.6 Å². The number of aromatic carboxylic acids is 1. The van der Waals surface area contributed by atoms with Crippen molar-refractivity contribution in [2.45, 2.75) is 58.6 Å². The third-order valence-corrected chi connectivity index (χ3v) is 10.0. The molecule has 1 aliphatic heterocycles. The maximum absolute atomic E-state index is 15.0. The predicted molar refractivity (Wildman–Crippen MR) is 170 cm³/mol. The van der Waals surface area contributed by atoms with Gasteiger partial charge in [0, 0.05) is 48.0 Å². The summed E-state index contributed by atoms with van der Waals surface area (Å²) in [7, 11) is 0. The highest BCUT2D eigenvalue weighted by molar-refractivity contribution is 6.30. The molecule has 2 aliphatic carbocycles. The van der Waals surface area contributed by atoms with Gasteiger partial charge in [-0.05, 0) is 86.1 Å². The van der Waals surface area contributed by atoms with Crippen molar-refractivity contribution in [3.63, 3.8) is 0 Å². The Morgan fingerprint density at radius 2 is 1.91 bits per heavy atom. The second-order valence-electron chi connectivity index (χ2n) is 13.1. The number of imidazole rings is 1. The number of carboxylic acids is 1. The number of rotatable bonds is 9. The highest BCUT2D eigenvalue weighted by Gasteiger charge is 2.47. The lowest BCUT2D eigenvalue weighted by molar-refractivity contribution is 0.0697. The summed E-state index contributed by atoms with van der Waals surface area (Å²) in [5.74, 6) is -2.02. The topological polar surface area (TPSA) is 104 Å². The first-order chi connectivity index (χ1) is 22.1. The van der Waals surface area contributed by atoms with Crippen LogP contribution in [0.3, 0.4) is 0 Å². The Hall–Kier alpha value is -4.49. The number of fused-ring (bicyclic) bond motifs is 1. The van der Waals surface area contributed by atoms with Crippen LogP contribution in [0.4, 0.5) is 14.7 Å². The van der Waals surface area contributed by atoms with Gasteiger partial charge in [0.2, 0.25) is 5.95 Å². The van der Waals surface area contributed by atoms with Crippen LogP contribution in [-0.2, 0) is 13.2 Å². The molecule has 3 heterocycles. The van der Waals surface area contributed by atoms with Crippen molar-refractivity contribution < 1.29 is 23.4 Å². The molecule has 8 nitrogen and oxygen atoms in total. The Morgan fingerprint density at radius 1 is 1.11 bits per heavy atom. The van der Waals surface area contributed by atoms with Crippen molar-refractivity contribution >= 4 is 40.1 Å². The molecule has 11 heteroatoms. The number of nitriles is 1. The molecule has 236 valence electrons. The van der Waals surface area contributed by atoms with Crippen molar-refractivity contribution in [3.05, 3.63) is 87.6 Å². The molecule has 0 radical (unpaired) electrons. The normalized spacial score (nSPS) is 17.8. The molecule has 0 bridgehead atoms. The molecule has 4 aromatic rings. The average Bonchev–Trinajstić information content (AvgIpc) is 3.68. The number of aromatic nitrogens is 3. The van der Waals surface area contributed by atoms with Crippen LogP contribution in [0.2, 0.25) is 5.02 Å². The zero-order valence-electron chi connectivity index (χ0n) is 25.3. The number of hydrogen-bond acceptors (Lipinski definition) is 6. The van der Waals surface area contributed by atoms with Crippen molar-refractivity contribution in [1.29, 1.82) is 5.26 Å². The van der Waals surface area contributed by atoms with Crippen molar-refractivity contribution in [3.8, 4) is 11.9 Å². The van der Waals surface area contributed by atoms with Gasteiger partial charge in [-0.2, -0.15) is 5.26 Å². The van der Waals surface area contributed by atoms with Gasteiger partial charge >= 0.3 is 5.97 Å². The van der Waals surface area contributed by atoms with E-state index >= 15 is 0 Å². The quantitative estimate of drug-likeness (QED) is 0.199. The number of pyridine rings is 1. The van der Waals surface area contributed by atoms with Crippen LogP contribution in [0.5, 0.6) is 5.88 Å². The van der Waals surface area contributed by atoms with Gasteiger partial charge < -0.3 is 19.3 Å². The zero-order chi connectivity index (χ0) is 32.2. The van der Waals surface area contributed by atoms with Crippen LogP contribution >= 0.6 is 11.6 Å². The molecule has 1 saturated carbocycles.